The molecule has 0 saturated heterocycles. The first-order chi connectivity index (χ1) is 20.3. The number of thioether (sulfide) groups is 1. The summed E-state index contributed by atoms with van der Waals surface area (Å²) in [5.74, 6) is -1.76. The Morgan fingerprint density at radius 1 is 0.953 bits per heavy atom. The molecular weight excluding hydrogens is 583 g/mol. The van der Waals surface area contributed by atoms with Crippen molar-refractivity contribution in [2.75, 3.05) is 11.5 Å². The van der Waals surface area contributed by atoms with Crippen LogP contribution in [0.4, 0.5) is 22.0 Å². The molecule has 0 aromatic rings. The van der Waals surface area contributed by atoms with E-state index in [0.717, 1.165) is 89.2 Å². The molecule has 0 N–H and O–H groups in total. The van der Waals surface area contributed by atoms with Gasteiger partial charge in [-0.25, -0.2) is 0 Å². The van der Waals surface area contributed by atoms with Crippen LogP contribution >= 0.6 is 11.8 Å². The highest BCUT2D eigenvalue weighted by Crippen LogP contribution is 2.62. The van der Waals surface area contributed by atoms with E-state index in [1.807, 2.05) is 0 Å². The summed E-state index contributed by atoms with van der Waals surface area (Å²) >= 11 is 1.46. The number of carbonyl (C=O) groups is 2. The number of allylic oxidation sites excluding steroid dienone is 4. The predicted molar refractivity (Wildman–Crippen MR) is 161 cm³/mol. The van der Waals surface area contributed by atoms with Crippen molar-refractivity contribution in [3.8, 4) is 0 Å². The molecule has 3 unspecified atom stereocenters. The average Bonchev–Trinajstić information content (AvgIpc) is 3.25. The van der Waals surface area contributed by atoms with Crippen LogP contribution in [-0.4, -0.2) is 41.5 Å². The van der Waals surface area contributed by atoms with Crippen LogP contribution < -0.4 is 0 Å². The number of hydrogen-bond donors (Lipinski definition) is 0. The van der Waals surface area contributed by atoms with Gasteiger partial charge in [0.25, 0.3) is 0 Å². The normalized spacial score (nSPS) is 29.2. The van der Waals surface area contributed by atoms with Crippen molar-refractivity contribution in [1.82, 2.24) is 0 Å². The summed E-state index contributed by atoms with van der Waals surface area (Å²) in [6.45, 7) is 3.85. The second-order valence-corrected chi connectivity index (χ2v) is 14.8. The van der Waals surface area contributed by atoms with Crippen LogP contribution in [0.25, 0.3) is 0 Å². The third kappa shape index (κ3) is 8.46. The van der Waals surface area contributed by atoms with Gasteiger partial charge in [-0.2, -0.15) is 33.7 Å². The van der Waals surface area contributed by atoms with E-state index in [9.17, 15) is 31.5 Å². The lowest BCUT2D eigenvalue weighted by Gasteiger charge is -2.52. The summed E-state index contributed by atoms with van der Waals surface area (Å²) in [5.41, 5.74) is 4.35. The number of unbranched alkanes of at least 4 members (excludes halogenated alkanes) is 6. The number of halogens is 5. The molecule has 0 bridgehead atoms. The van der Waals surface area contributed by atoms with Crippen molar-refractivity contribution in [1.29, 1.82) is 0 Å². The van der Waals surface area contributed by atoms with Crippen molar-refractivity contribution in [3.63, 3.8) is 0 Å². The Balaban J connectivity index is 1.18. The van der Waals surface area contributed by atoms with Gasteiger partial charge in [0.15, 0.2) is 0 Å². The molecule has 4 rings (SSSR count). The van der Waals surface area contributed by atoms with Crippen molar-refractivity contribution in [2.45, 2.75) is 141 Å². The zero-order chi connectivity index (χ0) is 31.3. The van der Waals surface area contributed by atoms with Gasteiger partial charge in [-0.05, 0) is 92.6 Å². The molecule has 9 heteroatoms. The summed E-state index contributed by atoms with van der Waals surface area (Å²) in [6.07, 6.45) is 10.8. The topological polar surface area (TPSA) is 43.4 Å². The third-order valence-corrected chi connectivity index (χ3v) is 11.8. The second kappa shape index (κ2) is 14.8. The van der Waals surface area contributed by atoms with Gasteiger partial charge >= 0.3 is 18.1 Å². The van der Waals surface area contributed by atoms with E-state index in [0.29, 0.717) is 42.1 Å². The highest BCUT2D eigenvalue weighted by molar-refractivity contribution is 7.99. The predicted octanol–water partition coefficient (Wildman–Crippen LogP) is 10.2. The zero-order valence-electron chi connectivity index (χ0n) is 25.8. The van der Waals surface area contributed by atoms with Gasteiger partial charge in [0, 0.05) is 31.6 Å². The monoisotopic (exact) mass is 632 g/mol. The number of fused-ring (bicyclic) bond motifs is 4. The number of Topliss-reactive ketones (excluding diaryl/α,β-unsaturated/α-hetero) is 1. The van der Waals surface area contributed by atoms with Crippen LogP contribution in [0.5, 0.6) is 0 Å². The Hall–Kier alpha value is -1.38. The van der Waals surface area contributed by atoms with Crippen molar-refractivity contribution in [3.05, 3.63) is 22.8 Å². The molecule has 43 heavy (non-hydrogen) atoms. The largest absolute Gasteiger partial charge is 0.462 e. The maximum atomic E-state index is 12.9. The zero-order valence-corrected chi connectivity index (χ0v) is 26.7. The van der Waals surface area contributed by atoms with Gasteiger partial charge in [0.2, 0.25) is 0 Å². The number of rotatable bonds is 15. The van der Waals surface area contributed by atoms with Crippen LogP contribution in [-0.2, 0) is 14.3 Å². The van der Waals surface area contributed by atoms with Crippen LogP contribution in [0.15, 0.2) is 22.8 Å². The van der Waals surface area contributed by atoms with Crippen molar-refractivity contribution >= 4 is 23.5 Å². The molecule has 0 heterocycles. The van der Waals surface area contributed by atoms with Gasteiger partial charge < -0.3 is 4.74 Å². The number of ketones is 1. The standard InChI is InChI=1S/C34H49F5O3S/c1-23(40)42-30-15-14-29-31-24(21-25-22-26(41)12-13-27(25)28(31)16-18-32(29,30)2)11-8-6-4-3-5-7-9-19-43-20-10-17-33(35,36)34(37,38)39/h21,28-31H,3-20,22H2,1-2H3/t28?,29?,30-,31?,32-/m0/s1. The molecular formula is C34H49F5O3S. The van der Waals surface area contributed by atoms with Crippen LogP contribution in [0, 0.1) is 23.2 Å². The van der Waals surface area contributed by atoms with Crippen LogP contribution in [0.2, 0.25) is 0 Å². The minimum atomic E-state index is -5.45. The summed E-state index contributed by atoms with van der Waals surface area (Å²) in [4.78, 5) is 24.2. The lowest BCUT2D eigenvalue weighted by atomic mass is 9.53. The van der Waals surface area contributed by atoms with Gasteiger partial charge in [-0.1, -0.05) is 56.3 Å². The van der Waals surface area contributed by atoms with E-state index in [2.05, 4.69) is 13.0 Å². The second-order valence-electron chi connectivity index (χ2n) is 13.6. The molecule has 2 saturated carbocycles. The molecule has 0 aromatic carbocycles. The molecule has 4 aliphatic rings. The molecule has 0 spiro atoms. The lowest BCUT2D eigenvalue weighted by Crippen LogP contribution is -2.46. The summed E-state index contributed by atoms with van der Waals surface area (Å²) in [6, 6.07) is 0. The van der Waals surface area contributed by atoms with Crippen molar-refractivity contribution < 1.29 is 36.3 Å². The van der Waals surface area contributed by atoms with Crippen LogP contribution in [0.3, 0.4) is 0 Å². The van der Waals surface area contributed by atoms with E-state index in [-0.39, 0.29) is 23.9 Å². The average molecular weight is 633 g/mol. The number of ether oxygens (including phenoxy) is 1. The molecule has 0 aromatic heterocycles. The quantitative estimate of drug-likeness (QED) is 0.102. The third-order valence-electron chi connectivity index (χ3n) is 10.6. The lowest BCUT2D eigenvalue weighted by molar-refractivity contribution is -0.284. The maximum Gasteiger partial charge on any atom is 0.453 e. The Morgan fingerprint density at radius 3 is 2.33 bits per heavy atom. The maximum absolute atomic E-state index is 12.9. The van der Waals surface area contributed by atoms with E-state index < -0.39 is 18.5 Å². The molecule has 2 fully saturated rings. The highest BCUT2D eigenvalue weighted by atomic mass is 32.2. The Bertz CT molecular complexity index is 1050. The minimum Gasteiger partial charge on any atom is -0.462 e. The molecule has 0 aliphatic heterocycles. The molecule has 5 atom stereocenters. The Labute approximate surface area is 258 Å². The first-order valence-electron chi connectivity index (χ1n) is 16.5. The fourth-order valence-electron chi connectivity index (χ4n) is 8.43. The smallest absolute Gasteiger partial charge is 0.453 e. The minimum absolute atomic E-state index is 0.00181. The van der Waals surface area contributed by atoms with Crippen molar-refractivity contribution in [2.24, 2.45) is 23.2 Å². The summed E-state index contributed by atoms with van der Waals surface area (Å²) in [5, 5.41) is 0. The van der Waals surface area contributed by atoms with Gasteiger partial charge in [-0.15, -0.1) is 0 Å². The molecule has 244 valence electrons. The van der Waals surface area contributed by atoms with Gasteiger partial charge in [0.1, 0.15) is 11.9 Å². The molecule has 0 radical (unpaired) electrons. The number of carbonyl (C=O) groups excluding carboxylic acids is 2. The Morgan fingerprint density at radius 2 is 1.63 bits per heavy atom. The number of esters is 1. The summed E-state index contributed by atoms with van der Waals surface area (Å²) in [7, 11) is 0. The number of alkyl halides is 5. The highest BCUT2D eigenvalue weighted by Gasteiger charge is 2.58. The van der Waals surface area contributed by atoms with E-state index in [4.69, 9.17) is 4.74 Å². The number of hydrogen-bond acceptors (Lipinski definition) is 4. The fraction of sp³-hybridized carbons (Fsp3) is 0.824. The van der Waals surface area contributed by atoms with Crippen LogP contribution in [0.1, 0.15) is 123 Å². The Kier molecular flexibility index (Phi) is 11.9. The SMILES string of the molecule is CC(=O)O[C@H]1CCC2C3C(CCCCCCCCCSCCCC(F)(F)C(F)(F)F)=CC4=C(CCC(=O)C4)C3CC[C@@]21C. The van der Waals surface area contributed by atoms with E-state index in [1.54, 1.807) is 0 Å². The molecule has 4 aliphatic carbocycles. The first-order valence-corrected chi connectivity index (χ1v) is 17.6. The molecule has 0 amide bonds. The fourth-order valence-corrected chi connectivity index (χ4v) is 9.39. The van der Waals surface area contributed by atoms with E-state index in [1.165, 1.54) is 35.4 Å². The van der Waals surface area contributed by atoms with Gasteiger partial charge in [-0.3, -0.25) is 9.59 Å². The van der Waals surface area contributed by atoms with E-state index >= 15 is 0 Å². The summed E-state index contributed by atoms with van der Waals surface area (Å²) < 4.78 is 68.4. The molecule has 3 nitrogen and oxygen atoms in total. The van der Waals surface area contributed by atoms with Gasteiger partial charge in [0.05, 0.1) is 0 Å². The first kappa shape index (κ1) is 34.5.